The Balaban J connectivity index is 1.91. The van der Waals surface area contributed by atoms with Gasteiger partial charge in [-0.05, 0) is 58.5 Å². The molecule has 2 atom stereocenters. The van der Waals surface area contributed by atoms with Crippen molar-refractivity contribution in [3.63, 3.8) is 0 Å². The normalized spacial score (nSPS) is 27.2. The summed E-state index contributed by atoms with van der Waals surface area (Å²) in [7, 11) is 2.01. The molecule has 0 aromatic rings. The summed E-state index contributed by atoms with van der Waals surface area (Å²) in [6.45, 7) is 8.52. The van der Waals surface area contributed by atoms with Crippen molar-refractivity contribution in [3.05, 3.63) is 0 Å². The van der Waals surface area contributed by atoms with E-state index in [0.717, 1.165) is 25.6 Å². The van der Waals surface area contributed by atoms with Gasteiger partial charge in [-0.1, -0.05) is 32.1 Å². The maximum atomic E-state index is 12.3. The van der Waals surface area contributed by atoms with Crippen LogP contribution in [0.1, 0.15) is 59.3 Å². The lowest BCUT2D eigenvalue weighted by Gasteiger charge is -2.27. The van der Waals surface area contributed by atoms with E-state index in [4.69, 9.17) is 4.74 Å². The standard InChI is InChI=1S/C18H34N2O2/c1-18(2,3)22-17(21)20-12-15(16(13-20)11-19-4)10-14-8-6-5-7-9-14/h14-16,19H,5-13H2,1-4H3/t15-,16+/m1/s1. The molecule has 4 nitrogen and oxygen atoms in total. The summed E-state index contributed by atoms with van der Waals surface area (Å²) in [5.41, 5.74) is -0.406. The first-order valence-corrected chi connectivity index (χ1v) is 9.01. The maximum Gasteiger partial charge on any atom is 0.410 e. The summed E-state index contributed by atoms with van der Waals surface area (Å²) >= 11 is 0. The van der Waals surface area contributed by atoms with Gasteiger partial charge in [0.1, 0.15) is 5.60 Å². The Morgan fingerprint density at radius 3 is 2.36 bits per heavy atom. The van der Waals surface area contributed by atoms with Crippen molar-refractivity contribution < 1.29 is 9.53 Å². The minimum Gasteiger partial charge on any atom is -0.444 e. The zero-order valence-electron chi connectivity index (χ0n) is 14.9. The van der Waals surface area contributed by atoms with Crippen LogP contribution in [0.2, 0.25) is 0 Å². The van der Waals surface area contributed by atoms with Gasteiger partial charge in [0.15, 0.2) is 0 Å². The quantitative estimate of drug-likeness (QED) is 0.861. The van der Waals surface area contributed by atoms with Crippen LogP contribution < -0.4 is 5.32 Å². The topological polar surface area (TPSA) is 41.6 Å². The Bertz CT molecular complexity index is 359. The Morgan fingerprint density at radius 1 is 1.14 bits per heavy atom. The number of rotatable bonds is 4. The molecule has 1 aliphatic heterocycles. The zero-order chi connectivity index (χ0) is 16.2. The van der Waals surface area contributed by atoms with E-state index in [1.807, 2.05) is 32.7 Å². The number of hydrogen-bond acceptors (Lipinski definition) is 3. The van der Waals surface area contributed by atoms with E-state index in [-0.39, 0.29) is 6.09 Å². The fourth-order valence-electron chi connectivity index (χ4n) is 4.03. The van der Waals surface area contributed by atoms with Crippen molar-refractivity contribution in [1.82, 2.24) is 10.2 Å². The van der Waals surface area contributed by atoms with Gasteiger partial charge in [-0.25, -0.2) is 4.79 Å². The van der Waals surface area contributed by atoms with Crippen LogP contribution in [-0.4, -0.2) is 43.3 Å². The number of nitrogens with one attached hydrogen (secondary N) is 1. The minimum atomic E-state index is -0.406. The molecule has 1 aliphatic carbocycles. The monoisotopic (exact) mass is 310 g/mol. The van der Waals surface area contributed by atoms with Gasteiger partial charge in [0.25, 0.3) is 0 Å². The molecular formula is C18H34N2O2. The van der Waals surface area contributed by atoms with Crippen LogP contribution in [0.25, 0.3) is 0 Å². The first kappa shape index (κ1) is 17.6. The average Bonchev–Trinajstić information content (AvgIpc) is 2.82. The third kappa shape index (κ3) is 5.15. The molecule has 1 heterocycles. The second-order valence-corrected chi connectivity index (χ2v) is 8.20. The van der Waals surface area contributed by atoms with E-state index in [0.29, 0.717) is 11.8 Å². The summed E-state index contributed by atoms with van der Waals surface area (Å²) in [6.07, 6.45) is 8.11. The number of nitrogens with zero attached hydrogens (tertiary/aromatic N) is 1. The Labute approximate surface area is 136 Å². The highest BCUT2D eigenvalue weighted by molar-refractivity contribution is 5.68. The summed E-state index contributed by atoms with van der Waals surface area (Å²) in [5.74, 6) is 2.07. The van der Waals surface area contributed by atoms with Gasteiger partial charge in [-0.2, -0.15) is 0 Å². The lowest BCUT2D eigenvalue weighted by Crippen LogP contribution is -2.36. The third-order valence-electron chi connectivity index (χ3n) is 5.06. The molecule has 0 radical (unpaired) electrons. The van der Waals surface area contributed by atoms with Gasteiger partial charge < -0.3 is 15.0 Å². The number of likely N-dealkylation sites (tertiary alicyclic amines) is 1. The molecule has 1 saturated heterocycles. The summed E-state index contributed by atoms with van der Waals surface area (Å²) < 4.78 is 5.55. The second-order valence-electron chi connectivity index (χ2n) is 8.20. The van der Waals surface area contributed by atoms with Crippen LogP contribution in [0, 0.1) is 17.8 Å². The number of ether oxygens (including phenoxy) is 1. The Morgan fingerprint density at radius 2 is 1.77 bits per heavy atom. The van der Waals surface area contributed by atoms with Crippen LogP contribution in [0.15, 0.2) is 0 Å². The summed E-state index contributed by atoms with van der Waals surface area (Å²) in [5, 5.41) is 3.31. The zero-order valence-corrected chi connectivity index (χ0v) is 14.9. The van der Waals surface area contributed by atoms with Crippen molar-refractivity contribution >= 4 is 6.09 Å². The van der Waals surface area contributed by atoms with Gasteiger partial charge >= 0.3 is 6.09 Å². The van der Waals surface area contributed by atoms with Gasteiger partial charge in [0.05, 0.1) is 0 Å². The highest BCUT2D eigenvalue weighted by atomic mass is 16.6. The van der Waals surface area contributed by atoms with Crippen LogP contribution in [0.3, 0.4) is 0 Å². The summed E-state index contributed by atoms with van der Waals surface area (Å²) in [4.78, 5) is 14.3. The molecule has 22 heavy (non-hydrogen) atoms. The van der Waals surface area contributed by atoms with Crippen molar-refractivity contribution in [1.29, 1.82) is 0 Å². The van der Waals surface area contributed by atoms with E-state index in [2.05, 4.69) is 5.32 Å². The summed E-state index contributed by atoms with van der Waals surface area (Å²) in [6, 6.07) is 0. The van der Waals surface area contributed by atoms with Gasteiger partial charge in [-0.3, -0.25) is 0 Å². The minimum absolute atomic E-state index is 0.139. The predicted molar refractivity (Wildman–Crippen MR) is 89.9 cm³/mol. The Hall–Kier alpha value is -0.770. The highest BCUT2D eigenvalue weighted by Gasteiger charge is 2.37. The highest BCUT2D eigenvalue weighted by Crippen LogP contribution is 2.35. The van der Waals surface area contributed by atoms with Crippen LogP contribution in [0.4, 0.5) is 4.79 Å². The lowest BCUT2D eigenvalue weighted by molar-refractivity contribution is 0.0282. The van der Waals surface area contributed by atoms with Gasteiger partial charge in [0.2, 0.25) is 0 Å². The van der Waals surface area contributed by atoms with Crippen molar-refractivity contribution in [2.24, 2.45) is 17.8 Å². The molecule has 2 aliphatic rings. The van der Waals surface area contributed by atoms with Crippen LogP contribution in [-0.2, 0) is 4.74 Å². The first-order chi connectivity index (χ1) is 10.4. The number of carbonyl (C=O) groups is 1. The maximum absolute atomic E-state index is 12.3. The lowest BCUT2D eigenvalue weighted by atomic mass is 9.79. The molecule has 0 aromatic carbocycles. The van der Waals surface area contributed by atoms with Gasteiger partial charge in [-0.15, -0.1) is 0 Å². The Kier molecular flexibility index (Phi) is 6.13. The van der Waals surface area contributed by atoms with Crippen molar-refractivity contribution in [3.8, 4) is 0 Å². The van der Waals surface area contributed by atoms with Gasteiger partial charge in [0, 0.05) is 13.1 Å². The first-order valence-electron chi connectivity index (χ1n) is 9.01. The fraction of sp³-hybridized carbons (Fsp3) is 0.944. The molecular weight excluding hydrogens is 276 g/mol. The average molecular weight is 310 g/mol. The smallest absolute Gasteiger partial charge is 0.410 e. The SMILES string of the molecule is CNC[C@H]1CN(C(=O)OC(C)(C)C)C[C@H]1CC1CCCCC1. The molecule has 2 fully saturated rings. The van der Waals surface area contributed by atoms with E-state index in [1.165, 1.54) is 38.5 Å². The molecule has 2 rings (SSSR count). The number of carbonyl (C=O) groups excluding carboxylic acids is 1. The third-order valence-corrected chi connectivity index (χ3v) is 5.06. The molecule has 0 aromatic heterocycles. The number of amides is 1. The fourth-order valence-corrected chi connectivity index (χ4v) is 4.03. The van der Waals surface area contributed by atoms with E-state index < -0.39 is 5.60 Å². The largest absolute Gasteiger partial charge is 0.444 e. The van der Waals surface area contributed by atoms with Crippen molar-refractivity contribution in [2.45, 2.75) is 64.9 Å². The molecule has 128 valence electrons. The molecule has 1 N–H and O–H groups in total. The molecule has 4 heteroatoms. The molecule has 1 amide bonds. The molecule has 0 spiro atoms. The van der Waals surface area contributed by atoms with E-state index in [1.54, 1.807) is 0 Å². The molecule has 0 unspecified atom stereocenters. The van der Waals surface area contributed by atoms with E-state index in [9.17, 15) is 4.79 Å². The van der Waals surface area contributed by atoms with Crippen LogP contribution >= 0.6 is 0 Å². The molecule has 1 saturated carbocycles. The van der Waals surface area contributed by atoms with E-state index >= 15 is 0 Å². The second kappa shape index (κ2) is 7.67. The van der Waals surface area contributed by atoms with Crippen LogP contribution in [0.5, 0.6) is 0 Å². The van der Waals surface area contributed by atoms with Crippen molar-refractivity contribution in [2.75, 3.05) is 26.7 Å². The predicted octanol–water partition coefficient (Wildman–Crippen LogP) is 3.66. The molecule has 0 bridgehead atoms. The number of hydrogen-bond donors (Lipinski definition) is 1.